The lowest BCUT2D eigenvalue weighted by Gasteiger charge is -2.29. The minimum Gasteiger partial charge on any atom is -0.546 e. The van der Waals surface area contributed by atoms with Gasteiger partial charge >= 0.3 is 0 Å². The summed E-state index contributed by atoms with van der Waals surface area (Å²) in [5, 5.41) is 13.1. The lowest BCUT2D eigenvalue weighted by atomic mass is 10.1. The fourth-order valence-electron chi connectivity index (χ4n) is 2.80. The van der Waals surface area contributed by atoms with Gasteiger partial charge < -0.3 is 19.4 Å². The second kappa shape index (κ2) is 9.59. The number of aliphatic carboxylic acids is 1. The zero-order valence-electron chi connectivity index (χ0n) is 16.2. The summed E-state index contributed by atoms with van der Waals surface area (Å²) >= 11 is 11.3. The fourth-order valence-corrected chi connectivity index (χ4v) is 3.32. The molecule has 0 bridgehead atoms. The number of carbonyl (C=O) groups excluding carboxylic acids is 3. The number of thiocarbonyl (C=S) groups is 1. The number of amides is 2. The highest BCUT2D eigenvalue weighted by molar-refractivity contribution is 7.80. The quantitative estimate of drug-likeness (QED) is 0.381. The van der Waals surface area contributed by atoms with Crippen molar-refractivity contribution in [2.45, 2.75) is 6.92 Å². The first-order valence-electron chi connectivity index (χ1n) is 9.06. The number of anilines is 1. The second-order valence-electron chi connectivity index (χ2n) is 6.24. The first kappa shape index (κ1) is 22.3. The molecule has 3 rings (SSSR count). The van der Waals surface area contributed by atoms with Crippen LogP contribution in [0.4, 0.5) is 5.69 Å². The van der Waals surface area contributed by atoms with E-state index in [2.05, 4.69) is 5.32 Å². The first-order chi connectivity index (χ1) is 14.8. The van der Waals surface area contributed by atoms with Gasteiger partial charge in [0.25, 0.3) is 11.8 Å². The standard InChI is InChI=1S/C21H17ClN2O6S/c1-2-29-14-5-3-4-13(10-14)24-20(28)15(19(27)23-21(24)31)8-12-6-7-17(16(22)9-12)30-11-18(25)26/h3-10H,2,11H2,1H3,(H,25,26)(H,23,27,31)/p-1/b15-8+. The largest absolute Gasteiger partial charge is 0.546 e. The number of carboxylic acid groups (broad SMARTS) is 1. The van der Waals surface area contributed by atoms with Gasteiger partial charge in [-0.25, -0.2) is 0 Å². The van der Waals surface area contributed by atoms with E-state index in [1.54, 1.807) is 24.3 Å². The number of hydrogen-bond acceptors (Lipinski definition) is 7. The fraction of sp³-hybridized carbons (Fsp3) is 0.143. The van der Waals surface area contributed by atoms with E-state index in [-0.39, 0.29) is 21.5 Å². The van der Waals surface area contributed by atoms with Gasteiger partial charge in [0.15, 0.2) is 5.11 Å². The molecule has 0 spiro atoms. The van der Waals surface area contributed by atoms with E-state index in [4.69, 9.17) is 33.3 Å². The molecule has 1 heterocycles. The van der Waals surface area contributed by atoms with Crippen molar-refractivity contribution in [1.82, 2.24) is 5.32 Å². The van der Waals surface area contributed by atoms with Gasteiger partial charge in [-0.3, -0.25) is 19.8 Å². The number of hydrogen-bond donors (Lipinski definition) is 1. The van der Waals surface area contributed by atoms with Crippen molar-refractivity contribution >= 4 is 58.5 Å². The molecule has 31 heavy (non-hydrogen) atoms. The van der Waals surface area contributed by atoms with E-state index >= 15 is 0 Å². The van der Waals surface area contributed by atoms with Crippen LogP contribution in [0.1, 0.15) is 12.5 Å². The second-order valence-corrected chi connectivity index (χ2v) is 7.03. The molecule has 2 aromatic rings. The normalized spacial score (nSPS) is 15.1. The Morgan fingerprint density at radius 3 is 2.68 bits per heavy atom. The highest BCUT2D eigenvalue weighted by Crippen LogP contribution is 2.28. The highest BCUT2D eigenvalue weighted by Gasteiger charge is 2.34. The molecule has 2 aromatic carbocycles. The minimum absolute atomic E-state index is 0.0511. The van der Waals surface area contributed by atoms with Crippen molar-refractivity contribution < 1.29 is 29.0 Å². The molecule has 0 aliphatic carbocycles. The van der Waals surface area contributed by atoms with Gasteiger partial charge in [0.1, 0.15) is 23.7 Å². The number of carbonyl (C=O) groups is 3. The number of nitrogens with one attached hydrogen (secondary N) is 1. The van der Waals surface area contributed by atoms with Crippen molar-refractivity contribution in [3.8, 4) is 11.5 Å². The van der Waals surface area contributed by atoms with Gasteiger partial charge in [-0.05, 0) is 55.0 Å². The highest BCUT2D eigenvalue weighted by atomic mass is 35.5. The van der Waals surface area contributed by atoms with Crippen molar-refractivity contribution in [1.29, 1.82) is 0 Å². The SMILES string of the molecule is CCOc1cccc(N2C(=O)/C(=C/c3ccc(OCC(=O)[O-])c(Cl)c3)C(=O)NC2=S)c1. The number of benzene rings is 2. The maximum atomic E-state index is 13.1. The van der Waals surface area contributed by atoms with Crippen LogP contribution in [-0.2, 0) is 14.4 Å². The van der Waals surface area contributed by atoms with Crippen LogP contribution in [-0.4, -0.2) is 36.1 Å². The van der Waals surface area contributed by atoms with Crippen molar-refractivity contribution in [2.24, 2.45) is 0 Å². The molecule has 0 radical (unpaired) electrons. The molecule has 1 fully saturated rings. The summed E-state index contributed by atoms with van der Waals surface area (Å²) in [6.07, 6.45) is 1.35. The zero-order valence-corrected chi connectivity index (χ0v) is 17.8. The maximum absolute atomic E-state index is 13.1. The monoisotopic (exact) mass is 459 g/mol. The molecule has 2 amide bonds. The lowest BCUT2D eigenvalue weighted by molar-refractivity contribution is -0.307. The van der Waals surface area contributed by atoms with Crippen LogP contribution in [0.3, 0.4) is 0 Å². The molecule has 8 nitrogen and oxygen atoms in total. The molecule has 0 saturated carbocycles. The topological polar surface area (TPSA) is 108 Å². The van der Waals surface area contributed by atoms with Gasteiger partial charge in [-0.2, -0.15) is 0 Å². The van der Waals surface area contributed by atoms with E-state index in [0.717, 1.165) is 0 Å². The summed E-state index contributed by atoms with van der Waals surface area (Å²) < 4.78 is 10.5. The lowest BCUT2D eigenvalue weighted by Crippen LogP contribution is -2.54. The molecule has 0 aromatic heterocycles. The van der Waals surface area contributed by atoms with Gasteiger partial charge in [0, 0.05) is 6.07 Å². The Morgan fingerprint density at radius 2 is 2.00 bits per heavy atom. The number of ether oxygens (including phenoxy) is 2. The molecule has 0 unspecified atom stereocenters. The molecule has 1 saturated heterocycles. The Kier molecular flexibility index (Phi) is 6.88. The third-order valence-electron chi connectivity index (χ3n) is 4.10. The van der Waals surface area contributed by atoms with E-state index in [1.807, 2.05) is 6.92 Å². The average Bonchev–Trinajstić information content (AvgIpc) is 2.71. The maximum Gasteiger partial charge on any atom is 0.270 e. The van der Waals surface area contributed by atoms with Gasteiger partial charge in [-0.1, -0.05) is 23.7 Å². The molecule has 1 aliphatic heterocycles. The van der Waals surface area contributed by atoms with Crippen LogP contribution in [0.25, 0.3) is 6.08 Å². The number of carboxylic acids is 1. The van der Waals surface area contributed by atoms with Gasteiger partial charge in [0.2, 0.25) is 0 Å². The summed E-state index contributed by atoms with van der Waals surface area (Å²) in [5.41, 5.74) is 0.714. The molecular weight excluding hydrogens is 444 g/mol. The zero-order chi connectivity index (χ0) is 22.5. The molecular formula is C21H16ClN2O6S-. The summed E-state index contributed by atoms with van der Waals surface area (Å²) in [7, 11) is 0. The number of nitrogens with zero attached hydrogens (tertiary/aromatic N) is 1. The van der Waals surface area contributed by atoms with Crippen molar-refractivity contribution in [2.75, 3.05) is 18.1 Å². The Balaban J connectivity index is 1.91. The summed E-state index contributed by atoms with van der Waals surface area (Å²) in [6, 6.07) is 11.2. The van der Waals surface area contributed by atoms with Crippen LogP contribution in [0.5, 0.6) is 11.5 Å². The van der Waals surface area contributed by atoms with Crippen LogP contribution >= 0.6 is 23.8 Å². The van der Waals surface area contributed by atoms with Crippen molar-refractivity contribution in [3.05, 3.63) is 58.6 Å². The summed E-state index contributed by atoms with van der Waals surface area (Å²) in [5.74, 6) is -1.98. The Bertz CT molecular complexity index is 1100. The predicted molar refractivity (Wildman–Crippen MR) is 116 cm³/mol. The van der Waals surface area contributed by atoms with E-state index < -0.39 is 24.4 Å². The Morgan fingerprint density at radius 1 is 1.23 bits per heavy atom. The molecule has 1 aliphatic rings. The Hall–Kier alpha value is -3.43. The van der Waals surface area contributed by atoms with Gasteiger partial charge in [-0.15, -0.1) is 0 Å². The molecule has 1 N–H and O–H groups in total. The Labute approximate surface area is 188 Å². The number of rotatable bonds is 7. The van der Waals surface area contributed by atoms with E-state index in [1.165, 1.54) is 29.2 Å². The van der Waals surface area contributed by atoms with Crippen molar-refractivity contribution in [3.63, 3.8) is 0 Å². The minimum atomic E-state index is -1.39. The van der Waals surface area contributed by atoms with Crippen LogP contribution in [0, 0.1) is 0 Å². The average molecular weight is 460 g/mol. The smallest absolute Gasteiger partial charge is 0.270 e. The molecule has 10 heteroatoms. The van der Waals surface area contributed by atoms with E-state index in [0.29, 0.717) is 23.6 Å². The predicted octanol–water partition coefficient (Wildman–Crippen LogP) is 1.70. The summed E-state index contributed by atoms with van der Waals surface area (Å²) in [6.45, 7) is 1.63. The molecule has 0 atom stereocenters. The molecule has 160 valence electrons. The van der Waals surface area contributed by atoms with Crippen LogP contribution in [0.2, 0.25) is 5.02 Å². The number of halogens is 1. The van der Waals surface area contributed by atoms with Crippen LogP contribution in [0.15, 0.2) is 48.0 Å². The first-order valence-corrected chi connectivity index (χ1v) is 9.85. The third-order valence-corrected chi connectivity index (χ3v) is 4.68. The third kappa shape index (κ3) is 5.19. The van der Waals surface area contributed by atoms with E-state index in [9.17, 15) is 19.5 Å². The van der Waals surface area contributed by atoms with Gasteiger partial charge in [0.05, 0.1) is 23.3 Å². The van der Waals surface area contributed by atoms with Crippen LogP contribution < -0.4 is 24.8 Å². The summed E-state index contributed by atoms with van der Waals surface area (Å²) in [4.78, 5) is 37.2.